The minimum Gasteiger partial charge on any atom is -0.305 e. The lowest BCUT2D eigenvalue weighted by Gasteiger charge is -2.17. The molecule has 0 bridgehead atoms. The molecule has 21 heavy (non-hydrogen) atoms. The minimum atomic E-state index is -0.318. The van der Waals surface area contributed by atoms with E-state index in [1.165, 1.54) is 11.6 Å². The van der Waals surface area contributed by atoms with E-state index in [1.807, 2.05) is 56.3 Å². The predicted molar refractivity (Wildman–Crippen MR) is 89.7 cm³/mol. The van der Waals surface area contributed by atoms with Crippen LogP contribution in [0.1, 0.15) is 11.3 Å². The van der Waals surface area contributed by atoms with Crippen LogP contribution in [0.5, 0.6) is 0 Å². The van der Waals surface area contributed by atoms with Gasteiger partial charge in [0, 0.05) is 19.3 Å². The fourth-order valence-electron chi connectivity index (χ4n) is 2.25. The van der Waals surface area contributed by atoms with E-state index in [0.717, 1.165) is 5.69 Å². The molecule has 1 aromatic carbocycles. The Morgan fingerprint density at radius 3 is 2.19 bits per heavy atom. The van der Waals surface area contributed by atoms with E-state index in [0.29, 0.717) is 17.8 Å². The van der Waals surface area contributed by atoms with Crippen LogP contribution in [-0.2, 0) is 13.6 Å². The molecule has 0 saturated carbocycles. The van der Waals surface area contributed by atoms with Gasteiger partial charge < -0.3 is 4.90 Å². The van der Waals surface area contributed by atoms with Crippen LogP contribution in [0.25, 0.3) is 5.69 Å². The molecule has 0 saturated heterocycles. The molecule has 0 aliphatic rings. The summed E-state index contributed by atoms with van der Waals surface area (Å²) in [6.07, 6.45) is 0. The number of rotatable bonds is 3. The van der Waals surface area contributed by atoms with Gasteiger partial charge in [-0.05, 0) is 33.2 Å². The summed E-state index contributed by atoms with van der Waals surface area (Å²) in [7, 11) is 5.32. The zero-order chi connectivity index (χ0) is 14.9. The summed E-state index contributed by atoms with van der Waals surface area (Å²) in [5.41, 5.74) is 1.55. The van der Waals surface area contributed by atoms with Gasteiger partial charge in [-0.15, -0.1) is 17.0 Å². The summed E-state index contributed by atoms with van der Waals surface area (Å²) < 4.78 is 2.75. The quantitative estimate of drug-likeness (QED) is 0.839. The normalized spacial score (nSPS) is 10.5. The van der Waals surface area contributed by atoms with Crippen molar-refractivity contribution in [3.63, 3.8) is 0 Å². The lowest BCUT2D eigenvalue weighted by molar-refractivity contribution is 0.395. The highest BCUT2D eigenvalue weighted by molar-refractivity contribution is 8.93. The van der Waals surface area contributed by atoms with Crippen LogP contribution in [0.3, 0.4) is 0 Å². The smallest absolute Gasteiger partial charge is 0.305 e. The van der Waals surface area contributed by atoms with Crippen LogP contribution in [-0.4, -0.2) is 28.1 Å². The Hall–Kier alpha value is -1.66. The average molecular weight is 354 g/mol. The summed E-state index contributed by atoms with van der Waals surface area (Å²) in [4.78, 5) is 26.5. The maximum atomic E-state index is 12.4. The SMILES string of the molecule is Br.Cc1c(CN(C)C)c(=O)n(C)c(=O)n1-c1ccccc1. The molecule has 5 nitrogen and oxygen atoms in total. The third kappa shape index (κ3) is 3.33. The molecular weight excluding hydrogens is 334 g/mol. The van der Waals surface area contributed by atoms with Gasteiger partial charge in [-0.2, -0.15) is 0 Å². The van der Waals surface area contributed by atoms with Gasteiger partial charge in [0.05, 0.1) is 11.3 Å². The molecule has 114 valence electrons. The standard InChI is InChI=1S/C15H19N3O2.BrH/c1-11-13(10-16(2)3)14(19)17(4)15(20)18(11)12-8-6-5-7-9-12;/h5-9H,10H2,1-4H3;1H. The number of hydrogen-bond donors (Lipinski definition) is 0. The molecule has 2 aromatic rings. The molecule has 0 amide bonds. The molecule has 1 aromatic heterocycles. The lowest BCUT2D eigenvalue weighted by Crippen LogP contribution is -2.41. The van der Waals surface area contributed by atoms with Crippen molar-refractivity contribution >= 4 is 17.0 Å². The molecule has 0 aliphatic carbocycles. The largest absolute Gasteiger partial charge is 0.335 e. The van der Waals surface area contributed by atoms with Gasteiger partial charge in [-0.3, -0.25) is 13.9 Å². The average Bonchev–Trinajstić information content (AvgIpc) is 2.42. The molecule has 0 spiro atoms. The third-order valence-corrected chi connectivity index (χ3v) is 3.30. The van der Waals surface area contributed by atoms with Crippen molar-refractivity contribution in [2.24, 2.45) is 7.05 Å². The Balaban J connectivity index is 0.00000220. The molecule has 0 fully saturated rings. The highest BCUT2D eigenvalue weighted by atomic mass is 79.9. The van der Waals surface area contributed by atoms with Gasteiger partial charge in [0.15, 0.2) is 0 Å². The lowest BCUT2D eigenvalue weighted by atomic mass is 10.2. The van der Waals surface area contributed by atoms with Crippen molar-refractivity contribution < 1.29 is 0 Å². The summed E-state index contributed by atoms with van der Waals surface area (Å²) in [6.45, 7) is 2.32. The first-order chi connectivity index (χ1) is 9.43. The van der Waals surface area contributed by atoms with Gasteiger partial charge in [0.25, 0.3) is 5.56 Å². The molecule has 1 heterocycles. The first-order valence-corrected chi connectivity index (χ1v) is 6.45. The second-order valence-corrected chi connectivity index (χ2v) is 5.12. The Kier molecular flexibility index (Phi) is 5.69. The predicted octanol–water partition coefficient (Wildman–Crippen LogP) is 1.48. The molecule has 0 radical (unpaired) electrons. The van der Waals surface area contributed by atoms with Gasteiger partial charge >= 0.3 is 5.69 Å². The number of benzene rings is 1. The molecule has 2 rings (SSSR count). The van der Waals surface area contributed by atoms with E-state index in [9.17, 15) is 9.59 Å². The monoisotopic (exact) mass is 353 g/mol. The number of para-hydroxylation sites is 1. The van der Waals surface area contributed by atoms with Crippen LogP contribution >= 0.6 is 17.0 Å². The highest BCUT2D eigenvalue weighted by Crippen LogP contribution is 2.10. The van der Waals surface area contributed by atoms with Crippen LogP contribution in [0, 0.1) is 6.92 Å². The van der Waals surface area contributed by atoms with E-state index >= 15 is 0 Å². The molecule has 0 aliphatic heterocycles. The van der Waals surface area contributed by atoms with Gasteiger partial charge in [0.1, 0.15) is 0 Å². The summed E-state index contributed by atoms with van der Waals surface area (Å²) in [6, 6.07) is 9.36. The molecule has 0 N–H and O–H groups in total. The minimum absolute atomic E-state index is 0. The second kappa shape index (κ2) is 6.87. The Morgan fingerprint density at radius 1 is 1.10 bits per heavy atom. The molecule has 6 heteroatoms. The van der Waals surface area contributed by atoms with Crippen LogP contribution in [0.15, 0.2) is 39.9 Å². The Bertz CT molecular complexity index is 733. The van der Waals surface area contributed by atoms with Crippen molar-refractivity contribution in [2.45, 2.75) is 13.5 Å². The Morgan fingerprint density at radius 2 is 1.67 bits per heavy atom. The fraction of sp³-hybridized carbons (Fsp3) is 0.333. The first kappa shape index (κ1) is 17.4. The van der Waals surface area contributed by atoms with Gasteiger partial charge in [-0.1, -0.05) is 18.2 Å². The van der Waals surface area contributed by atoms with Crippen LogP contribution < -0.4 is 11.2 Å². The zero-order valence-electron chi connectivity index (χ0n) is 12.7. The summed E-state index contributed by atoms with van der Waals surface area (Å²) in [5, 5.41) is 0. The summed E-state index contributed by atoms with van der Waals surface area (Å²) >= 11 is 0. The maximum absolute atomic E-state index is 12.4. The highest BCUT2D eigenvalue weighted by Gasteiger charge is 2.15. The first-order valence-electron chi connectivity index (χ1n) is 6.45. The third-order valence-electron chi connectivity index (χ3n) is 3.30. The number of halogens is 1. The van der Waals surface area contributed by atoms with Crippen molar-refractivity contribution in [3.8, 4) is 5.69 Å². The fourth-order valence-corrected chi connectivity index (χ4v) is 2.25. The van der Waals surface area contributed by atoms with E-state index in [-0.39, 0.29) is 28.2 Å². The molecule has 0 atom stereocenters. The van der Waals surface area contributed by atoms with Crippen molar-refractivity contribution in [2.75, 3.05) is 14.1 Å². The number of hydrogen-bond acceptors (Lipinski definition) is 3. The van der Waals surface area contributed by atoms with Crippen LogP contribution in [0.4, 0.5) is 0 Å². The van der Waals surface area contributed by atoms with E-state index in [4.69, 9.17) is 0 Å². The Labute approximate surface area is 134 Å². The number of aromatic nitrogens is 2. The number of nitrogens with zero attached hydrogens (tertiary/aromatic N) is 3. The van der Waals surface area contributed by atoms with E-state index < -0.39 is 0 Å². The molecule has 0 unspecified atom stereocenters. The van der Waals surface area contributed by atoms with Crippen LogP contribution in [0.2, 0.25) is 0 Å². The summed E-state index contributed by atoms with van der Waals surface area (Å²) in [5.74, 6) is 0. The van der Waals surface area contributed by atoms with Gasteiger partial charge in [0.2, 0.25) is 0 Å². The van der Waals surface area contributed by atoms with Gasteiger partial charge in [-0.25, -0.2) is 4.79 Å². The second-order valence-electron chi connectivity index (χ2n) is 5.12. The van der Waals surface area contributed by atoms with Crippen molar-refractivity contribution in [1.82, 2.24) is 14.0 Å². The zero-order valence-corrected chi connectivity index (χ0v) is 14.4. The van der Waals surface area contributed by atoms with E-state index in [2.05, 4.69) is 0 Å². The topological polar surface area (TPSA) is 47.2 Å². The van der Waals surface area contributed by atoms with E-state index in [1.54, 1.807) is 4.57 Å². The maximum Gasteiger partial charge on any atom is 0.335 e. The van der Waals surface area contributed by atoms with Crippen molar-refractivity contribution in [3.05, 3.63) is 62.4 Å². The van der Waals surface area contributed by atoms with Crippen molar-refractivity contribution in [1.29, 1.82) is 0 Å². The molecular formula is C15H20BrN3O2.